The van der Waals surface area contributed by atoms with Gasteiger partial charge in [-0.05, 0) is 29.8 Å². The molecule has 5 heteroatoms. The first-order valence-electron chi connectivity index (χ1n) is 9.53. The van der Waals surface area contributed by atoms with Crippen LogP contribution in [0.1, 0.15) is 15.9 Å². The minimum absolute atomic E-state index is 0.0749. The third-order valence-electron chi connectivity index (χ3n) is 4.87. The molecule has 1 amide bonds. The highest BCUT2D eigenvalue weighted by molar-refractivity contribution is 7.99. The van der Waals surface area contributed by atoms with Crippen LogP contribution in [0.5, 0.6) is 0 Å². The Balaban J connectivity index is 1.40. The molecule has 0 aliphatic carbocycles. The van der Waals surface area contributed by atoms with Gasteiger partial charge in [-0.15, -0.1) is 0 Å². The van der Waals surface area contributed by atoms with Crippen molar-refractivity contribution in [2.45, 2.75) is 16.5 Å². The molecule has 4 rings (SSSR count). The highest BCUT2D eigenvalue weighted by Gasteiger charge is 2.24. The van der Waals surface area contributed by atoms with Crippen LogP contribution in [-0.2, 0) is 6.54 Å². The molecule has 142 valence electrons. The van der Waals surface area contributed by atoms with Gasteiger partial charge in [0.2, 0.25) is 0 Å². The fraction of sp³-hybridized carbons (Fsp3) is 0.217. The lowest BCUT2D eigenvalue weighted by molar-refractivity contribution is 0.0624. The number of hydrogen-bond donors (Lipinski definition) is 0. The Morgan fingerprint density at radius 1 is 0.857 bits per heavy atom. The van der Waals surface area contributed by atoms with Crippen molar-refractivity contribution in [2.75, 3.05) is 26.2 Å². The second-order valence-corrected chi connectivity index (χ2v) is 7.89. The quantitative estimate of drug-likeness (QED) is 0.656. The summed E-state index contributed by atoms with van der Waals surface area (Å²) in [5.74, 6) is 0.0749. The van der Waals surface area contributed by atoms with E-state index < -0.39 is 0 Å². The largest absolute Gasteiger partial charge is 0.336 e. The van der Waals surface area contributed by atoms with E-state index in [1.165, 1.54) is 17.3 Å². The van der Waals surface area contributed by atoms with Gasteiger partial charge in [-0.2, -0.15) is 0 Å². The molecule has 0 unspecified atom stereocenters. The minimum Gasteiger partial charge on any atom is -0.336 e. The molecule has 0 spiro atoms. The Hall–Kier alpha value is -2.63. The second kappa shape index (κ2) is 9.04. The van der Waals surface area contributed by atoms with Gasteiger partial charge in [0.25, 0.3) is 5.91 Å². The van der Waals surface area contributed by atoms with E-state index in [0.717, 1.165) is 42.6 Å². The maximum Gasteiger partial charge on any atom is 0.256 e. The molecule has 28 heavy (non-hydrogen) atoms. The van der Waals surface area contributed by atoms with Gasteiger partial charge in [0.05, 0.1) is 5.56 Å². The van der Waals surface area contributed by atoms with Crippen molar-refractivity contribution < 1.29 is 4.79 Å². The molecule has 1 saturated heterocycles. The normalized spacial score (nSPS) is 14.8. The fourth-order valence-electron chi connectivity index (χ4n) is 3.36. The summed E-state index contributed by atoms with van der Waals surface area (Å²) >= 11 is 1.54. The first-order valence-corrected chi connectivity index (χ1v) is 10.3. The number of carbonyl (C=O) groups excluding carboxylic acids is 1. The monoisotopic (exact) mass is 389 g/mol. The van der Waals surface area contributed by atoms with Crippen LogP contribution in [0.4, 0.5) is 0 Å². The summed E-state index contributed by atoms with van der Waals surface area (Å²) in [7, 11) is 0. The van der Waals surface area contributed by atoms with Gasteiger partial charge in [0.15, 0.2) is 0 Å². The Bertz CT molecular complexity index is 909. The van der Waals surface area contributed by atoms with Crippen molar-refractivity contribution in [3.8, 4) is 0 Å². The first-order chi connectivity index (χ1) is 13.8. The molecule has 2 heterocycles. The predicted octanol–water partition coefficient (Wildman–Crippen LogP) is 4.19. The Kier molecular flexibility index (Phi) is 6.04. The van der Waals surface area contributed by atoms with E-state index in [9.17, 15) is 4.79 Å². The van der Waals surface area contributed by atoms with Crippen LogP contribution in [0, 0.1) is 0 Å². The molecule has 0 saturated carbocycles. The molecule has 3 aromatic rings. The standard InChI is InChI=1S/C23H23N3OS/c27-23(21-12-7-13-24-22(21)28-20-10-5-2-6-11-20)26-16-14-25(15-17-26)18-19-8-3-1-4-9-19/h1-13H,14-18H2. The van der Waals surface area contributed by atoms with E-state index in [2.05, 4.69) is 34.1 Å². The third-order valence-corrected chi connectivity index (χ3v) is 5.89. The van der Waals surface area contributed by atoms with Gasteiger partial charge in [-0.25, -0.2) is 4.98 Å². The van der Waals surface area contributed by atoms with Crippen LogP contribution in [0.2, 0.25) is 0 Å². The summed E-state index contributed by atoms with van der Waals surface area (Å²) in [4.78, 5) is 23.0. The SMILES string of the molecule is O=C(c1cccnc1Sc1ccccc1)N1CCN(Cc2ccccc2)CC1. The second-order valence-electron chi connectivity index (χ2n) is 6.83. The van der Waals surface area contributed by atoms with Crippen molar-refractivity contribution >= 4 is 17.7 Å². The highest BCUT2D eigenvalue weighted by Crippen LogP contribution is 2.29. The lowest BCUT2D eigenvalue weighted by Crippen LogP contribution is -2.48. The van der Waals surface area contributed by atoms with Crippen LogP contribution in [0.25, 0.3) is 0 Å². The van der Waals surface area contributed by atoms with Gasteiger partial charge in [0, 0.05) is 43.8 Å². The fourth-order valence-corrected chi connectivity index (χ4v) is 4.25. The zero-order valence-corrected chi connectivity index (χ0v) is 16.5. The smallest absolute Gasteiger partial charge is 0.256 e. The molecular formula is C23H23N3OS. The van der Waals surface area contributed by atoms with Crippen molar-refractivity contribution in [3.05, 3.63) is 90.1 Å². The zero-order valence-electron chi connectivity index (χ0n) is 15.7. The summed E-state index contributed by atoms with van der Waals surface area (Å²) in [6, 6.07) is 24.3. The minimum atomic E-state index is 0.0749. The molecule has 2 aromatic carbocycles. The van der Waals surface area contributed by atoms with Crippen molar-refractivity contribution in [3.63, 3.8) is 0 Å². The lowest BCUT2D eigenvalue weighted by Gasteiger charge is -2.35. The number of aromatic nitrogens is 1. The van der Waals surface area contributed by atoms with Crippen molar-refractivity contribution in [1.82, 2.24) is 14.8 Å². The first kappa shape index (κ1) is 18.7. The summed E-state index contributed by atoms with van der Waals surface area (Å²) in [6.07, 6.45) is 1.75. The molecule has 1 aromatic heterocycles. The van der Waals surface area contributed by atoms with Gasteiger partial charge >= 0.3 is 0 Å². The van der Waals surface area contributed by atoms with Crippen LogP contribution < -0.4 is 0 Å². The average molecular weight is 390 g/mol. The Labute approximate surface area is 170 Å². The van der Waals surface area contributed by atoms with Gasteiger partial charge in [-0.3, -0.25) is 9.69 Å². The number of nitrogens with zero attached hydrogens (tertiary/aromatic N) is 3. The number of carbonyl (C=O) groups is 1. The molecule has 0 N–H and O–H groups in total. The van der Waals surface area contributed by atoms with Crippen molar-refractivity contribution in [2.24, 2.45) is 0 Å². The number of piperazine rings is 1. The van der Waals surface area contributed by atoms with E-state index in [4.69, 9.17) is 0 Å². The molecular weight excluding hydrogens is 366 g/mol. The van der Waals surface area contributed by atoms with Gasteiger partial charge in [-0.1, -0.05) is 60.3 Å². The van der Waals surface area contributed by atoms with E-state index in [1.807, 2.05) is 53.4 Å². The van der Waals surface area contributed by atoms with Crippen LogP contribution in [0.3, 0.4) is 0 Å². The number of benzene rings is 2. The molecule has 4 nitrogen and oxygen atoms in total. The third kappa shape index (κ3) is 4.61. The summed E-state index contributed by atoms with van der Waals surface area (Å²) in [5, 5.41) is 0.769. The molecule has 0 radical (unpaired) electrons. The van der Waals surface area contributed by atoms with Gasteiger partial charge < -0.3 is 4.90 Å². The van der Waals surface area contributed by atoms with E-state index >= 15 is 0 Å². The predicted molar refractivity (Wildman–Crippen MR) is 112 cm³/mol. The summed E-state index contributed by atoms with van der Waals surface area (Å²) in [5.41, 5.74) is 2.00. The maximum absolute atomic E-state index is 13.1. The molecule has 0 bridgehead atoms. The number of amides is 1. The Morgan fingerprint density at radius 3 is 2.25 bits per heavy atom. The van der Waals surface area contributed by atoms with E-state index in [-0.39, 0.29) is 5.91 Å². The highest BCUT2D eigenvalue weighted by atomic mass is 32.2. The van der Waals surface area contributed by atoms with E-state index in [0.29, 0.717) is 5.56 Å². The Morgan fingerprint density at radius 2 is 1.54 bits per heavy atom. The number of hydrogen-bond acceptors (Lipinski definition) is 4. The van der Waals surface area contributed by atoms with Crippen molar-refractivity contribution in [1.29, 1.82) is 0 Å². The topological polar surface area (TPSA) is 36.4 Å². The lowest BCUT2D eigenvalue weighted by atomic mass is 10.2. The number of rotatable bonds is 5. The summed E-state index contributed by atoms with van der Waals surface area (Å²) in [6.45, 7) is 4.21. The maximum atomic E-state index is 13.1. The molecule has 0 atom stereocenters. The van der Waals surface area contributed by atoms with Crippen LogP contribution in [0.15, 0.2) is 88.9 Å². The molecule has 1 aliphatic heterocycles. The van der Waals surface area contributed by atoms with Crippen LogP contribution >= 0.6 is 11.8 Å². The zero-order chi connectivity index (χ0) is 19.2. The summed E-state index contributed by atoms with van der Waals surface area (Å²) < 4.78 is 0. The average Bonchev–Trinajstić information content (AvgIpc) is 2.76. The van der Waals surface area contributed by atoms with E-state index in [1.54, 1.807) is 6.20 Å². The number of pyridine rings is 1. The van der Waals surface area contributed by atoms with Crippen LogP contribution in [-0.4, -0.2) is 46.9 Å². The molecule has 1 aliphatic rings. The molecule has 1 fully saturated rings. The van der Waals surface area contributed by atoms with Gasteiger partial charge in [0.1, 0.15) is 5.03 Å².